The third-order valence-corrected chi connectivity index (χ3v) is 3.54. The fraction of sp³-hybridized carbons (Fsp3) is 0.125. The number of fused-ring (bicyclic) bond motifs is 1. The largest absolute Gasteiger partial charge is 0.497 e. The fourth-order valence-corrected chi connectivity index (χ4v) is 2.33. The van der Waals surface area contributed by atoms with E-state index in [0.29, 0.717) is 11.7 Å². The van der Waals surface area contributed by atoms with E-state index in [-0.39, 0.29) is 0 Å². The Labute approximate surface area is 127 Å². The monoisotopic (exact) mass is 299 g/mol. The molecule has 0 saturated carbocycles. The van der Waals surface area contributed by atoms with Crippen LogP contribution in [0.2, 0.25) is 5.15 Å². The van der Waals surface area contributed by atoms with Crippen LogP contribution in [0.4, 0.5) is 5.82 Å². The minimum Gasteiger partial charge on any atom is -0.497 e. The summed E-state index contributed by atoms with van der Waals surface area (Å²) >= 11 is 6.06. The second-order valence-corrected chi connectivity index (χ2v) is 4.94. The van der Waals surface area contributed by atoms with Gasteiger partial charge in [-0.2, -0.15) is 0 Å². The van der Waals surface area contributed by atoms with E-state index in [1.807, 2.05) is 48.5 Å². The van der Waals surface area contributed by atoms with Crippen LogP contribution in [0.3, 0.4) is 0 Å². The molecule has 0 saturated heterocycles. The molecule has 0 amide bonds. The molecule has 0 spiro atoms. The highest BCUT2D eigenvalue weighted by molar-refractivity contribution is 6.34. The van der Waals surface area contributed by atoms with Crippen molar-refractivity contribution in [3.8, 4) is 5.75 Å². The smallest absolute Gasteiger partial charge is 0.159 e. The first-order valence-electron chi connectivity index (χ1n) is 6.55. The molecule has 21 heavy (non-hydrogen) atoms. The molecule has 0 aliphatic heterocycles. The molecule has 4 nitrogen and oxygen atoms in total. The first-order chi connectivity index (χ1) is 10.3. The van der Waals surface area contributed by atoms with Gasteiger partial charge in [0.25, 0.3) is 0 Å². The lowest BCUT2D eigenvalue weighted by Crippen LogP contribution is -2.03. The summed E-state index contributed by atoms with van der Waals surface area (Å²) in [5, 5.41) is 13.7. The zero-order chi connectivity index (χ0) is 14.7. The zero-order valence-corrected chi connectivity index (χ0v) is 12.3. The standard InChI is InChI=1S/C16H14ClN3O/c1-21-12-8-6-11(7-9-12)10-18-16-14-5-3-2-4-13(14)15(17)19-20-16/h2-9H,10H2,1H3,(H,18,20). The van der Waals surface area contributed by atoms with E-state index in [4.69, 9.17) is 16.3 Å². The summed E-state index contributed by atoms with van der Waals surface area (Å²) in [6.45, 7) is 0.657. The van der Waals surface area contributed by atoms with Gasteiger partial charge in [0.15, 0.2) is 11.0 Å². The Hall–Kier alpha value is -2.33. The topological polar surface area (TPSA) is 47.0 Å². The maximum Gasteiger partial charge on any atom is 0.159 e. The van der Waals surface area contributed by atoms with E-state index in [9.17, 15) is 0 Å². The Morgan fingerprint density at radius 1 is 1.00 bits per heavy atom. The third kappa shape index (κ3) is 2.90. The van der Waals surface area contributed by atoms with Crippen molar-refractivity contribution >= 4 is 28.2 Å². The maximum absolute atomic E-state index is 6.06. The molecule has 0 aliphatic carbocycles. The molecule has 0 unspecified atom stereocenters. The number of hydrogen-bond donors (Lipinski definition) is 1. The number of hydrogen-bond acceptors (Lipinski definition) is 4. The predicted molar refractivity (Wildman–Crippen MR) is 84.9 cm³/mol. The lowest BCUT2D eigenvalue weighted by Gasteiger charge is -2.09. The highest BCUT2D eigenvalue weighted by atomic mass is 35.5. The molecular weight excluding hydrogens is 286 g/mol. The summed E-state index contributed by atoms with van der Waals surface area (Å²) in [7, 11) is 1.66. The minimum absolute atomic E-state index is 0.417. The number of methoxy groups -OCH3 is 1. The molecule has 3 aromatic rings. The molecule has 0 aliphatic rings. The van der Waals surface area contributed by atoms with Gasteiger partial charge in [-0.25, -0.2) is 0 Å². The molecular formula is C16H14ClN3O. The number of nitrogens with zero attached hydrogens (tertiary/aromatic N) is 2. The Kier molecular flexibility index (Phi) is 3.88. The second kappa shape index (κ2) is 5.97. The van der Waals surface area contributed by atoms with Gasteiger partial charge in [0.05, 0.1) is 7.11 Å². The number of rotatable bonds is 4. The Balaban J connectivity index is 1.83. The Bertz CT molecular complexity index is 759. The van der Waals surface area contributed by atoms with Gasteiger partial charge in [0, 0.05) is 17.3 Å². The average molecular weight is 300 g/mol. The summed E-state index contributed by atoms with van der Waals surface area (Å²) in [6.07, 6.45) is 0. The van der Waals surface area contributed by atoms with Crippen LogP contribution < -0.4 is 10.1 Å². The zero-order valence-electron chi connectivity index (χ0n) is 11.5. The van der Waals surface area contributed by atoms with Crippen molar-refractivity contribution in [2.45, 2.75) is 6.54 Å². The molecule has 0 bridgehead atoms. The summed E-state index contributed by atoms with van der Waals surface area (Å²) < 4.78 is 5.15. The normalized spacial score (nSPS) is 10.6. The molecule has 106 valence electrons. The van der Waals surface area contributed by atoms with Crippen molar-refractivity contribution in [2.24, 2.45) is 0 Å². The number of aromatic nitrogens is 2. The Morgan fingerprint density at radius 3 is 2.43 bits per heavy atom. The molecule has 3 rings (SSSR count). The van der Waals surface area contributed by atoms with Crippen molar-refractivity contribution in [1.29, 1.82) is 0 Å². The SMILES string of the molecule is COc1ccc(CNc2nnc(Cl)c3ccccc23)cc1. The van der Waals surface area contributed by atoms with Gasteiger partial charge >= 0.3 is 0 Å². The molecule has 1 aromatic heterocycles. The first kappa shape index (κ1) is 13.6. The highest BCUT2D eigenvalue weighted by Gasteiger charge is 2.06. The molecule has 0 radical (unpaired) electrons. The van der Waals surface area contributed by atoms with E-state index in [2.05, 4.69) is 15.5 Å². The summed E-state index contributed by atoms with van der Waals surface area (Å²) in [4.78, 5) is 0. The van der Waals surface area contributed by atoms with Crippen molar-refractivity contribution in [2.75, 3.05) is 12.4 Å². The van der Waals surface area contributed by atoms with Crippen molar-refractivity contribution < 1.29 is 4.74 Å². The van der Waals surface area contributed by atoms with Crippen molar-refractivity contribution in [3.05, 3.63) is 59.2 Å². The van der Waals surface area contributed by atoms with E-state index >= 15 is 0 Å². The summed E-state index contributed by atoms with van der Waals surface area (Å²) in [5.41, 5.74) is 1.14. The van der Waals surface area contributed by atoms with Gasteiger partial charge in [-0.3, -0.25) is 0 Å². The number of nitrogens with one attached hydrogen (secondary N) is 1. The molecule has 0 atom stereocenters. The number of anilines is 1. The summed E-state index contributed by atoms with van der Waals surface area (Å²) in [6, 6.07) is 15.7. The van der Waals surface area contributed by atoms with Gasteiger partial charge in [-0.1, -0.05) is 48.0 Å². The second-order valence-electron chi connectivity index (χ2n) is 4.59. The van der Waals surface area contributed by atoms with Crippen LogP contribution in [-0.2, 0) is 6.54 Å². The Morgan fingerprint density at radius 2 is 1.71 bits per heavy atom. The maximum atomic E-state index is 6.06. The molecule has 1 N–H and O–H groups in total. The van der Waals surface area contributed by atoms with Gasteiger partial charge < -0.3 is 10.1 Å². The van der Waals surface area contributed by atoms with Crippen LogP contribution in [0.1, 0.15) is 5.56 Å². The van der Waals surface area contributed by atoms with Crippen LogP contribution >= 0.6 is 11.6 Å². The van der Waals surface area contributed by atoms with Gasteiger partial charge in [-0.05, 0) is 17.7 Å². The molecule has 5 heteroatoms. The number of benzene rings is 2. The number of ether oxygens (including phenoxy) is 1. The summed E-state index contributed by atoms with van der Waals surface area (Å²) in [5.74, 6) is 1.57. The van der Waals surface area contributed by atoms with Crippen molar-refractivity contribution in [3.63, 3.8) is 0 Å². The van der Waals surface area contributed by atoms with Crippen LogP contribution in [0.15, 0.2) is 48.5 Å². The third-order valence-electron chi connectivity index (χ3n) is 3.26. The van der Waals surface area contributed by atoms with Crippen LogP contribution in [0, 0.1) is 0 Å². The number of halogens is 1. The quantitative estimate of drug-likeness (QED) is 0.793. The van der Waals surface area contributed by atoms with Gasteiger partial charge in [0.1, 0.15) is 5.75 Å². The van der Waals surface area contributed by atoms with Crippen LogP contribution in [0.5, 0.6) is 5.75 Å². The lowest BCUT2D eigenvalue weighted by molar-refractivity contribution is 0.414. The van der Waals surface area contributed by atoms with Crippen LogP contribution in [-0.4, -0.2) is 17.3 Å². The van der Waals surface area contributed by atoms with E-state index < -0.39 is 0 Å². The van der Waals surface area contributed by atoms with Crippen molar-refractivity contribution in [1.82, 2.24) is 10.2 Å². The van der Waals surface area contributed by atoms with Crippen LogP contribution in [0.25, 0.3) is 10.8 Å². The molecule has 2 aromatic carbocycles. The predicted octanol–water partition coefficient (Wildman–Crippen LogP) is 3.90. The average Bonchev–Trinajstić information content (AvgIpc) is 2.55. The van der Waals surface area contributed by atoms with E-state index in [1.165, 1.54) is 0 Å². The molecule has 0 fully saturated rings. The molecule has 1 heterocycles. The minimum atomic E-state index is 0.417. The highest BCUT2D eigenvalue weighted by Crippen LogP contribution is 2.25. The van der Waals surface area contributed by atoms with Gasteiger partial charge in [-0.15, -0.1) is 10.2 Å². The van der Waals surface area contributed by atoms with E-state index in [0.717, 1.165) is 27.9 Å². The first-order valence-corrected chi connectivity index (χ1v) is 6.93. The fourth-order valence-electron chi connectivity index (χ4n) is 2.13. The van der Waals surface area contributed by atoms with E-state index in [1.54, 1.807) is 7.11 Å². The van der Waals surface area contributed by atoms with Gasteiger partial charge in [0.2, 0.25) is 0 Å². The lowest BCUT2D eigenvalue weighted by atomic mass is 10.2.